The van der Waals surface area contributed by atoms with Gasteiger partial charge in [0.15, 0.2) is 0 Å². The molecule has 7 unspecified atom stereocenters. The number of hydrogen-bond acceptors (Lipinski definition) is 5. The van der Waals surface area contributed by atoms with Crippen LogP contribution in [0.5, 0.6) is 5.75 Å². The molecule has 6 nitrogen and oxygen atoms in total. The zero-order valence-electron chi connectivity index (χ0n) is 26.4. The fourth-order valence-electron chi connectivity index (χ4n) is 7.00. The van der Waals surface area contributed by atoms with Gasteiger partial charge < -0.3 is 14.5 Å². The van der Waals surface area contributed by atoms with E-state index in [1.807, 2.05) is 25.1 Å². The van der Waals surface area contributed by atoms with Gasteiger partial charge in [-0.2, -0.15) is 0 Å². The molecule has 1 fully saturated rings. The van der Waals surface area contributed by atoms with Gasteiger partial charge in [0.05, 0.1) is 17.5 Å². The van der Waals surface area contributed by atoms with Gasteiger partial charge in [0.2, 0.25) is 0 Å². The summed E-state index contributed by atoms with van der Waals surface area (Å²) >= 11 is 6.43. The molecule has 0 radical (unpaired) electrons. The molecule has 0 spiro atoms. The molecular weight excluding hydrogens is 578 g/mol. The Hall–Kier alpha value is -2.35. The summed E-state index contributed by atoms with van der Waals surface area (Å²) in [6.45, 7) is 9.58. The second kappa shape index (κ2) is 14.2. The first-order valence-electron chi connectivity index (χ1n) is 16.0. The van der Waals surface area contributed by atoms with Crippen LogP contribution in [0.25, 0.3) is 0 Å². The van der Waals surface area contributed by atoms with E-state index in [-0.39, 0.29) is 23.0 Å². The number of halogens is 1. The first-order chi connectivity index (χ1) is 20.6. The number of ether oxygens (including phenoxy) is 1. The Labute approximate surface area is 265 Å². The molecule has 1 saturated carbocycles. The maximum absolute atomic E-state index is 13.4. The molecule has 2 heterocycles. The second-order valence-electron chi connectivity index (χ2n) is 13.2. The third-order valence-electron chi connectivity index (χ3n) is 9.79. The van der Waals surface area contributed by atoms with Crippen LogP contribution < -0.4 is 14.4 Å². The van der Waals surface area contributed by atoms with Crippen molar-refractivity contribution in [2.24, 2.45) is 23.7 Å². The number of aryl methyl sites for hydroxylation is 1. The van der Waals surface area contributed by atoms with E-state index in [0.29, 0.717) is 29.9 Å². The number of carbonyl (C=O) groups is 1. The lowest BCUT2D eigenvalue weighted by molar-refractivity contribution is 0.0982. The van der Waals surface area contributed by atoms with Crippen LogP contribution in [0.1, 0.15) is 73.9 Å². The van der Waals surface area contributed by atoms with E-state index in [4.69, 9.17) is 16.3 Å². The van der Waals surface area contributed by atoms with E-state index in [1.165, 1.54) is 24.0 Å². The number of anilines is 1. The van der Waals surface area contributed by atoms with E-state index >= 15 is 0 Å². The van der Waals surface area contributed by atoms with Crippen molar-refractivity contribution in [1.29, 1.82) is 0 Å². The molecule has 1 aliphatic carbocycles. The smallest absolute Gasteiger partial charge is 0.263 e. The molecule has 0 saturated heterocycles. The van der Waals surface area contributed by atoms with Crippen LogP contribution in [-0.2, 0) is 17.4 Å². The number of nitrogens with zero attached hydrogens (tertiary/aromatic N) is 2. The summed E-state index contributed by atoms with van der Waals surface area (Å²) in [5.41, 5.74) is 4.04. The van der Waals surface area contributed by atoms with Gasteiger partial charge in [0.1, 0.15) is 16.7 Å². The zero-order chi connectivity index (χ0) is 30.7. The predicted octanol–water partition coefficient (Wildman–Crippen LogP) is 6.86. The first kappa shape index (κ1) is 32.1. The van der Waals surface area contributed by atoms with Crippen LogP contribution in [-0.4, -0.2) is 60.6 Å². The van der Waals surface area contributed by atoms with Crippen LogP contribution in [0.4, 0.5) is 5.69 Å². The highest BCUT2D eigenvalue weighted by molar-refractivity contribution is 7.84. The topological polar surface area (TPSA) is 61.9 Å². The largest absolute Gasteiger partial charge is 0.491 e. The zero-order valence-corrected chi connectivity index (χ0v) is 27.9. The van der Waals surface area contributed by atoms with Crippen LogP contribution in [0.2, 0.25) is 5.02 Å². The monoisotopic (exact) mass is 625 g/mol. The summed E-state index contributed by atoms with van der Waals surface area (Å²) in [7, 11) is 2.83. The fourth-order valence-corrected chi connectivity index (χ4v) is 8.21. The Morgan fingerprint density at radius 3 is 2.65 bits per heavy atom. The number of rotatable bonds is 5. The Balaban J connectivity index is 1.54. The molecule has 2 bridgehead atoms. The average molecular weight is 626 g/mol. The van der Waals surface area contributed by atoms with Crippen LogP contribution in [0, 0.1) is 23.7 Å². The average Bonchev–Trinajstić information content (AvgIpc) is 3.13. The molecule has 3 aliphatic rings. The van der Waals surface area contributed by atoms with E-state index in [9.17, 15) is 9.00 Å². The summed E-state index contributed by atoms with van der Waals surface area (Å²) in [5, 5.41) is 0.604. The van der Waals surface area contributed by atoms with Gasteiger partial charge in [0.25, 0.3) is 5.91 Å². The van der Waals surface area contributed by atoms with Gasteiger partial charge >= 0.3 is 0 Å². The van der Waals surface area contributed by atoms with E-state index < -0.39 is 11.0 Å². The Morgan fingerprint density at radius 2 is 1.93 bits per heavy atom. The Bertz CT molecular complexity index is 1350. The minimum Gasteiger partial charge on any atom is -0.491 e. The van der Waals surface area contributed by atoms with Gasteiger partial charge in [0, 0.05) is 36.1 Å². The van der Waals surface area contributed by atoms with Crippen molar-refractivity contribution in [3.8, 4) is 5.75 Å². The Morgan fingerprint density at radius 1 is 1.12 bits per heavy atom. The highest BCUT2D eigenvalue weighted by atomic mass is 35.5. The molecule has 2 aromatic rings. The van der Waals surface area contributed by atoms with E-state index in [0.717, 1.165) is 55.4 Å². The highest BCUT2D eigenvalue weighted by Crippen LogP contribution is 2.44. The lowest BCUT2D eigenvalue weighted by Gasteiger charge is -2.45. The molecule has 1 N–H and O–H groups in total. The number of amides is 1. The van der Waals surface area contributed by atoms with Crippen molar-refractivity contribution < 1.29 is 13.7 Å². The number of nitrogens with one attached hydrogen (secondary N) is 1. The van der Waals surface area contributed by atoms with Crippen molar-refractivity contribution >= 4 is 34.2 Å². The third-order valence-corrected chi connectivity index (χ3v) is 11.5. The number of benzene rings is 2. The molecule has 0 aromatic heterocycles. The molecule has 5 rings (SSSR count). The minimum atomic E-state index is -1.49. The summed E-state index contributed by atoms with van der Waals surface area (Å²) in [4.78, 5) is 18.1. The van der Waals surface area contributed by atoms with Crippen LogP contribution >= 0.6 is 11.6 Å². The van der Waals surface area contributed by atoms with Crippen LogP contribution in [0.3, 0.4) is 0 Å². The maximum Gasteiger partial charge on any atom is 0.263 e. The number of allylic oxidation sites excluding steroid dienone is 1. The van der Waals surface area contributed by atoms with Gasteiger partial charge in [-0.05, 0) is 112 Å². The molecule has 8 heteroatoms. The van der Waals surface area contributed by atoms with Crippen molar-refractivity contribution in [2.45, 2.75) is 64.0 Å². The van der Waals surface area contributed by atoms with Crippen molar-refractivity contribution in [3.05, 3.63) is 70.3 Å². The van der Waals surface area contributed by atoms with Gasteiger partial charge in [-0.15, -0.1) is 0 Å². The lowest BCUT2D eigenvalue weighted by atomic mass is 9.66. The van der Waals surface area contributed by atoms with Crippen molar-refractivity contribution in [2.75, 3.05) is 45.2 Å². The Kier molecular flexibility index (Phi) is 10.6. The quantitative estimate of drug-likeness (QED) is 0.368. The van der Waals surface area contributed by atoms with Crippen molar-refractivity contribution in [3.63, 3.8) is 0 Å². The lowest BCUT2D eigenvalue weighted by Crippen LogP contribution is -2.44. The molecule has 1 amide bonds. The van der Waals surface area contributed by atoms with E-state index in [1.54, 1.807) is 6.07 Å². The summed E-state index contributed by atoms with van der Waals surface area (Å²) in [5.74, 6) is 2.45. The van der Waals surface area contributed by atoms with Crippen molar-refractivity contribution in [1.82, 2.24) is 9.62 Å². The number of carbonyl (C=O) groups excluding carboxylic acids is 1. The molecule has 2 aromatic carbocycles. The highest BCUT2D eigenvalue weighted by Gasteiger charge is 2.39. The molecule has 2 aliphatic heterocycles. The van der Waals surface area contributed by atoms with Crippen LogP contribution in [0.15, 0.2) is 48.6 Å². The van der Waals surface area contributed by atoms with Gasteiger partial charge in [-0.3, -0.25) is 9.52 Å². The minimum absolute atomic E-state index is 0.164. The SMILES string of the molecule is CCCc1cc(Cl)ccc1C1COc2ccc3cc2N(C1)CC1CCC1C(CN(C)C)/C=C/CC(C)C(C)S(=O)NC3=O. The number of hydrogen-bond donors (Lipinski definition) is 1. The molecular formula is C35H48ClN3O3S. The fraction of sp³-hybridized carbons (Fsp3) is 0.571. The van der Waals surface area contributed by atoms with Gasteiger partial charge in [-0.25, -0.2) is 4.21 Å². The van der Waals surface area contributed by atoms with Gasteiger partial charge in [-0.1, -0.05) is 50.1 Å². The molecule has 43 heavy (non-hydrogen) atoms. The standard InChI is InChI=1S/C35H48ClN3O3S/c1-6-8-25-17-30(36)13-15-31(25)29-21-39-20-28-11-14-32(28)27(19-38(4)5)10-7-9-23(2)24(3)43(41)37-35(40)26-12-16-34(42-22-29)33(39)18-26/h7,10,12-13,15-18,23-24,27-29,32H,6,8-9,11,14,19-22H2,1-5H3,(H,37,40)/b10-7+. The first-order valence-corrected chi connectivity index (χ1v) is 17.6. The predicted molar refractivity (Wildman–Crippen MR) is 179 cm³/mol. The maximum atomic E-state index is 13.4. The summed E-state index contributed by atoms with van der Waals surface area (Å²) < 4.78 is 22.5. The molecule has 7 atom stereocenters. The van der Waals surface area contributed by atoms with E-state index in [2.05, 4.69) is 66.7 Å². The second-order valence-corrected chi connectivity index (χ2v) is 15.2. The normalized spacial score (nSPS) is 30.4. The third kappa shape index (κ3) is 7.49. The molecule has 234 valence electrons. The summed E-state index contributed by atoms with van der Waals surface area (Å²) in [6.07, 6.45) is 10.0. The summed E-state index contributed by atoms with van der Waals surface area (Å²) in [6, 6.07) is 11.9. The number of fused-ring (bicyclic) bond motifs is 2.